The van der Waals surface area contributed by atoms with Crippen LogP contribution in [0.5, 0.6) is 11.5 Å². The second-order valence-electron chi connectivity index (χ2n) is 6.26. The lowest BCUT2D eigenvalue weighted by Gasteiger charge is -2.18. The fraction of sp³-hybridized carbons (Fsp3) is 0.286. The predicted molar refractivity (Wildman–Crippen MR) is 109 cm³/mol. The van der Waals surface area contributed by atoms with Gasteiger partial charge in [-0.05, 0) is 30.8 Å². The minimum Gasteiger partial charge on any atom is -0.496 e. The zero-order valence-electron chi connectivity index (χ0n) is 16.7. The van der Waals surface area contributed by atoms with Crippen molar-refractivity contribution in [3.05, 3.63) is 54.4 Å². The first-order valence-corrected chi connectivity index (χ1v) is 9.25. The van der Waals surface area contributed by atoms with E-state index in [-0.39, 0.29) is 12.5 Å². The topological polar surface area (TPSA) is 89.7 Å². The zero-order valence-corrected chi connectivity index (χ0v) is 16.7. The molecule has 0 spiro atoms. The Bertz CT molecular complexity index is 957. The van der Waals surface area contributed by atoms with Gasteiger partial charge in [0.15, 0.2) is 0 Å². The molecule has 1 aromatic heterocycles. The Morgan fingerprint density at radius 1 is 1.07 bits per heavy atom. The normalized spacial score (nSPS) is 10.8. The monoisotopic (exact) mass is 396 g/mol. The minimum atomic E-state index is -0.152. The third-order valence-electron chi connectivity index (χ3n) is 4.37. The van der Waals surface area contributed by atoms with Crippen LogP contribution in [0.2, 0.25) is 0 Å². The Hall–Kier alpha value is -3.39. The van der Waals surface area contributed by atoms with Gasteiger partial charge in [0, 0.05) is 0 Å². The molecule has 3 rings (SSSR count). The van der Waals surface area contributed by atoms with E-state index in [2.05, 4.69) is 15.5 Å². The fourth-order valence-electron chi connectivity index (χ4n) is 2.87. The summed E-state index contributed by atoms with van der Waals surface area (Å²) in [7, 11) is 3.16. The molecule has 1 amide bonds. The summed E-state index contributed by atoms with van der Waals surface area (Å²) in [6.45, 7) is 3.15. The van der Waals surface area contributed by atoms with Crippen LogP contribution in [0.4, 0.5) is 5.69 Å². The summed E-state index contributed by atoms with van der Waals surface area (Å²) in [5.74, 6) is 2.01. The molecular formula is C21H24N4O4. The summed E-state index contributed by atoms with van der Waals surface area (Å²) < 4.78 is 16.0. The van der Waals surface area contributed by atoms with E-state index in [1.165, 1.54) is 0 Å². The number of hydrogen-bond donors (Lipinski definition) is 1. The molecule has 8 nitrogen and oxygen atoms in total. The largest absolute Gasteiger partial charge is 0.496 e. The molecule has 0 saturated heterocycles. The van der Waals surface area contributed by atoms with Gasteiger partial charge in [0.2, 0.25) is 17.6 Å². The maximum absolute atomic E-state index is 12.5. The van der Waals surface area contributed by atoms with Gasteiger partial charge in [-0.2, -0.15) is 4.98 Å². The average Bonchev–Trinajstić information content (AvgIpc) is 3.21. The molecule has 0 aliphatic heterocycles. The van der Waals surface area contributed by atoms with Crippen LogP contribution in [0.25, 0.3) is 11.4 Å². The van der Waals surface area contributed by atoms with Gasteiger partial charge in [0.25, 0.3) is 0 Å². The van der Waals surface area contributed by atoms with Crippen LogP contribution in [0, 0.1) is 0 Å². The van der Waals surface area contributed by atoms with Gasteiger partial charge in [-0.15, -0.1) is 0 Å². The smallest absolute Gasteiger partial charge is 0.241 e. The summed E-state index contributed by atoms with van der Waals surface area (Å²) in [6, 6.07) is 14.7. The number of likely N-dealkylation sites (N-methyl/N-ethyl adjacent to an activating group) is 1. The lowest BCUT2D eigenvalue weighted by Crippen LogP contribution is -2.33. The van der Waals surface area contributed by atoms with Crippen molar-refractivity contribution >= 4 is 11.6 Å². The Balaban J connectivity index is 1.64. The van der Waals surface area contributed by atoms with Crippen molar-refractivity contribution in [2.24, 2.45) is 0 Å². The second-order valence-corrected chi connectivity index (χ2v) is 6.26. The summed E-state index contributed by atoms with van der Waals surface area (Å²) in [5.41, 5.74) is 1.38. The Kier molecular flexibility index (Phi) is 6.80. The number of nitrogens with zero attached hydrogens (tertiary/aromatic N) is 3. The molecule has 0 fully saturated rings. The molecule has 0 atom stereocenters. The number of methoxy groups -OCH3 is 2. The first-order chi connectivity index (χ1) is 14.1. The molecular weight excluding hydrogens is 372 g/mol. The standard InChI is InChI=1S/C21H24N4O4/c1-4-25(13-19(26)22-16-10-6-8-12-18(16)28-3)14-20-23-21(24-29-20)15-9-5-7-11-17(15)27-2/h5-12H,4,13-14H2,1-3H3,(H,22,26). The van der Waals surface area contributed by atoms with Crippen LogP contribution in [0.15, 0.2) is 53.1 Å². The number of carbonyl (C=O) groups excluding carboxylic acids is 1. The van der Waals surface area contributed by atoms with Crippen LogP contribution in [0.1, 0.15) is 12.8 Å². The van der Waals surface area contributed by atoms with Gasteiger partial charge in [-0.25, -0.2) is 0 Å². The minimum absolute atomic E-state index is 0.152. The van der Waals surface area contributed by atoms with Gasteiger partial charge >= 0.3 is 0 Å². The van der Waals surface area contributed by atoms with Crippen LogP contribution in [-0.2, 0) is 11.3 Å². The van der Waals surface area contributed by atoms with Crippen LogP contribution >= 0.6 is 0 Å². The van der Waals surface area contributed by atoms with Crippen molar-refractivity contribution in [1.29, 1.82) is 0 Å². The molecule has 0 bridgehead atoms. The lowest BCUT2D eigenvalue weighted by molar-refractivity contribution is -0.117. The first kappa shape index (κ1) is 20.3. The van der Waals surface area contributed by atoms with Gasteiger partial charge in [0.1, 0.15) is 11.5 Å². The van der Waals surface area contributed by atoms with E-state index in [0.717, 1.165) is 5.56 Å². The average molecular weight is 396 g/mol. The number of anilines is 1. The molecule has 152 valence electrons. The van der Waals surface area contributed by atoms with Crippen molar-refractivity contribution in [2.75, 3.05) is 32.6 Å². The fourth-order valence-corrected chi connectivity index (χ4v) is 2.87. The van der Waals surface area contributed by atoms with Gasteiger partial charge in [0.05, 0.1) is 38.6 Å². The van der Waals surface area contributed by atoms with E-state index in [1.807, 2.05) is 48.2 Å². The second kappa shape index (κ2) is 9.70. The van der Waals surface area contributed by atoms with E-state index in [9.17, 15) is 4.79 Å². The zero-order chi connectivity index (χ0) is 20.6. The summed E-state index contributed by atoms with van der Waals surface area (Å²) >= 11 is 0. The van der Waals surface area contributed by atoms with E-state index in [4.69, 9.17) is 14.0 Å². The molecule has 3 aromatic rings. The number of rotatable bonds is 9. The number of ether oxygens (including phenoxy) is 2. The van der Waals surface area contributed by atoms with Crippen molar-refractivity contribution in [3.8, 4) is 22.9 Å². The highest BCUT2D eigenvalue weighted by Crippen LogP contribution is 2.27. The lowest BCUT2D eigenvalue weighted by atomic mass is 10.2. The number of nitrogens with one attached hydrogen (secondary N) is 1. The number of aromatic nitrogens is 2. The van der Waals surface area contributed by atoms with Gasteiger partial charge in [-0.3, -0.25) is 9.69 Å². The quantitative estimate of drug-likeness (QED) is 0.594. The number of benzene rings is 2. The molecule has 0 saturated carbocycles. The first-order valence-electron chi connectivity index (χ1n) is 9.25. The Morgan fingerprint density at radius 2 is 1.76 bits per heavy atom. The summed E-state index contributed by atoms with van der Waals surface area (Å²) in [4.78, 5) is 18.8. The molecule has 29 heavy (non-hydrogen) atoms. The third-order valence-corrected chi connectivity index (χ3v) is 4.37. The molecule has 1 N–H and O–H groups in total. The van der Waals surface area contributed by atoms with E-state index >= 15 is 0 Å². The van der Waals surface area contributed by atoms with E-state index in [0.29, 0.717) is 42.0 Å². The van der Waals surface area contributed by atoms with Crippen LogP contribution in [0.3, 0.4) is 0 Å². The number of hydrogen-bond acceptors (Lipinski definition) is 7. The summed E-state index contributed by atoms with van der Waals surface area (Å²) in [5, 5.41) is 6.91. The number of para-hydroxylation sites is 3. The van der Waals surface area contributed by atoms with E-state index in [1.54, 1.807) is 26.4 Å². The number of amides is 1. The van der Waals surface area contributed by atoms with Crippen molar-refractivity contribution in [1.82, 2.24) is 15.0 Å². The molecule has 2 aromatic carbocycles. The Labute approximate surface area is 169 Å². The highest BCUT2D eigenvalue weighted by atomic mass is 16.5. The Morgan fingerprint density at radius 3 is 2.48 bits per heavy atom. The molecule has 0 radical (unpaired) electrons. The van der Waals surface area contributed by atoms with Crippen molar-refractivity contribution in [2.45, 2.75) is 13.5 Å². The van der Waals surface area contributed by atoms with Crippen molar-refractivity contribution < 1.29 is 18.8 Å². The van der Waals surface area contributed by atoms with Gasteiger partial charge in [-0.1, -0.05) is 36.3 Å². The molecule has 1 heterocycles. The van der Waals surface area contributed by atoms with E-state index < -0.39 is 0 Å². The maximum Gasteiger partial charge on any atom is 0.241 e. The highest BCUT2D eigenvalue weighted by Gasteiger charge is 2.17. The van der Waals surface area contributed by atoms with Gasteiger partial charge < -0.3 is 19.3 Å². The van der Waals surface area contributed by atoms with Crippen LogP contribution in [-0.4, -0.2) is 48.3 Å². The predicted octanol–water partition coefficient (Wildman–Crippen LogP) is 3.21. The molecule has 0 aliphatic rings. The third kappa shape index (κ3) is 5.11. The highest BCUT2D eigenvalue weighted by molar-refractivity contribution is 5.93. The molecule has 8 heteroatoms. The SMILES string of the molecule is CCN(CC(=O)Nc1ccccc1OC)Cc1nc(-c2ccccc2OC)no1. The number of carbonyl (C=O) groups is 1. The molecule has 0 unspecified atom stereocenters. The van der Waals surface area contributed by atoms with Crippen LogP contribution < -0.4 is 14.8 Å². The summed E-state index contributed by atoms with van der Waals surface area (Å²) in [6.07, 6.45) is 0. The molecule has 0 aliphatic carbocycles. The maximum atomic E-state index is 12.5. The van der Waals surface area contributed by atoms with Crippen molar-refractivity contribution in [3.63, 3.8) is 0 Å².